The molecular weight excluding hydrogens is 214 g/mol. The minimum Gasteiger partial charge on any atom is -0.469 e. The summed E-state index contributed by atoms with van der Waals surface area (Å²) in [6, 6.07) is 0.772. The molecule has 17 heavy (non-hydrogen) atoms. The highest BCUT2D eigenvalue weighted by atomic mass is 16.5. The number of carbonyl (C=O) groups is 1. The Bertz CT molecular complexity index is 241. The Morgan fingerprint density at radius 2 is 1.76 bits per heavy atom. The Morgan fingerprint density at radius 3 is 2.35 bits per heavy atom. The Labute approximate surface area is 104 Å². The van der Waals surface area contributed by atoms with Crippen molar-refractivity contribution in [3.8, 4) is 0 Å². The Kier molecular flexibility index (Phi) is 4.84. The number of hydrogen-bond donors (Lipinski definition) is 1. The molecule has 3 heteroatoms. The van der Waals surface area contributed by atoms with Crippen molar-refractivity contribution in [1.82, 2.24) is 5.32 Å². The molecule has 0 amide bonds. The van der Waals surface area contributed by atoms with E-state index in [4.69, 9.17) is 4.74 Å². The second-order valence-corrected chi connectivity index (χ2v) is 5.63. The van der Waals surface area contributed by atoms with Gasteiger partial charge in [-0.3, -0.25) is 4.79 Å². The van der Waals surface area contributed by atoms with Gasteiger partial charge in [0.15, 0.2) is 0 Å². The zero-order valence-electron chi connectivity index (χ0n) is 10.9. The molecule has 2 rings (SSSR count). The quantitative estimate of drug-likeness (QED) is 0.766. The zero-order valence-corrected chi connectivity index (χ0v) is 10.9. The summed E-state index contributed by atoms with van der Waals surface area (Å²) in [5.41, 5.74) is 0. The Balaban J connectivity index is 1.63. The number of carbonyl (C=O) groups excluding carboxylic acids is 1. The van der Waals surface area contributed by atoms with E-state index < -0.39 is 0 Å². The van der Waals surface area contributed by atoms with Crippen molar-refractivity contribution in [2.24, 2.45) is 11.8 Å². The predicted octanol–water partition coefficient (Wildman–Crippen LogP) is 2.50. The lowest BCUT2D eigenvalue weighted by Gasteiger charge is -2.28. The normalized spacial score (nSPS) is 30.4. The van der Waals surface area contributed by atoms with Gasteiger partial charge in [-0.15, -0.1) is 0 Å². The van der Waals surface area contributed by atoms with Crippen molar-refractivity contribution in [3.05, 3.63) is 0 Å². The van der Waals surface area contributed by atoms with Crippen LogP contribution in [0.5, 0.6) is 0 Å². The van der Waals surface area contributed by atoms with Crippen LogP contribution in [0.1, 0.15) is 51.4 Å². The first-order valence-corrected chi connectivity index (χ1v) is 7.11. The van der Waals surface area contributed by atoms with Gasteiger partial charge in [0, 0.05) is 6.04 Å². The second-order valence-electron chi connectivity index (χ2n) is 5.63. The van der Waals surface area contributed by atoms with Crippen molar-refractivity contribution < 1.29 is 9.53 Å². The molecule has 2 fully saturated rings. The largest absolute Gasteiger partial charge is 0.469 e. The molecule has 0 heterocycles. The first-order chi connectivity index (χ1) is 8.29. The summed E-state index contributed by atoms with van der Waals surface area (Å²) in [6.45, 7) is 1.15. The molecule has 0 bridgehead atoms. The predicted molar refractivity (Wildman–Crippen MR) is 67.7 cm³/mol. The fourth-order valence-electron chi connectivity index (χ4n) is 3.23. The summed E-state index contributed by atoms with van der Waals surface area (Å²) >= 11 is 0. The molecule has 98 valence electrons. The van der Waals surface area contributed by atoms with Crippen LogP contribution in [0.2, 0.25) is 0 Å². The average molecular weight is 239 g/mol. The van der Waals surface area contributed by atoms with Crippen LogP contribution in [0, 0.1) is 11.8 Å². The van der Waals surface area contributed by atoms with Crippen LogP contribution in [-0.2, 0) is 9.53 Å². The van der Waals surface area contributed by atoms with Gasteiger partial charge in [0.05, 0.1) is 13.0 Å². The van der Waals surface area contributed by atoms with Gasteiger partial charge in [0.25, 0.3) is 0 Å². The summed E-state index contributed by atoms with van der Waals surface area (Å²) in [5, 5.41) is 3.69. The van der Waals surface area contributed by atoms with Crippen molar-refractivity contribution in [1.29, 1.82) is 0 Å². The summed E-state index contributed by atoms with van der Waals surface area (Å²) in [7, 11) is 1.50. The van der Waals surface area contributed by atoms with Crippen molar-refractivity contribution >= 4 is 5.97 Å². The molecule has 0 saturated heterocycles. The maximum absolute atomic E-state index is 11.4. The lowest BCUT2D eigenvalue weighted by atomic mass is 9.82. The molecule has 0 aromatic rings. The monoisotopic (exact) mass is 239 g/mol. The topological polar surface area (TPSA) is 38.3 Å². The standard InChI is InChI=1S/C14H25NO2/c1-17-14(16)12-8-6-11(7-9-12)10-15-13-4-2-3-5-13/h11-13,15H,2-10H2,1H3. The molecule has 0 aromatic heterocycles. The van der Waals surface area contributed by atoms with E-state index in [1.54, 1.807) is 0 Å². The van der Waals surface area contributed by atoms with E-state index in [9.17, 15) is 4.79 Å². The van der Waals surface area contributed by atoms with Crippen molar-refractivity contribution in [2.45, 2.75) is 57.4 Å². The number of rotatable bonds is 4. The highest BCUT2D eigenvalue weighted by Crippen LogP contribution is 2.29. The first kappa shape index (κ1) is 12.9. The van der Waals surface area contributed by atoms with E-state index in [0.29, 0.717) is 0 Å². The molecule has 2 saturated carbocycles. The Hall–Kier alpha value is -0.570. The van der Waals surface area contributed by atoms with Gasteiger partial charge in [-0.1, -0.05) is 12.8 Å². The minimum atomic E-state index is -0.00722. The van der Waals surface area contributed by atoms with Gasteiger partial charge in [-0.25, -0.2) is 0 Å². The van der Waals surface area contributed by atoms with Crippen LogP contribution in [0.4, 0.5) is 0 Å². The summed E-state index contributed by atoms with van der Waals surface area (Å²) in [5.74, 6) is 0.937. The molecule has 0 atom stereocenters. The SMILES string of the molecule is COC(=O)C1CCC(CNC2CCCC2)CC1. The van der Waals surface area contributed by atoms with Gasteiger partial charge < -0.3 is 10.1 Å². The van der Waals surface area contributed by atoms with Gasteiger partial charge in [0.2, 0.25) is 0 Å². The number of methoxy groups -OCH3 is 1. The smallest absolute Gasteiger partial charge is 0.308 e. The molecule has 0 unspecified atom stereocenters. The van der Waals surface area contributed by atoms with Crippen molar-refractivity contribution in [3.63, 3.8) is 0 Å². The lowest BCUT2D eigenvalue weighted by molar-refractivity contribution is -0.146. The highest BCUT2D eigenvalue weighted by molar-refractivity contribution is 5.72. The van der Waals surface area contributed by atoms with E-state index in [1.807, 2.05) is 0 Å². The summed E-state index contributed by atoms with van der Waals surface area (Å²) in [4.78, 5) is 11.4. The van der Waals surface area contributed by atoms with Crippen LogP contribution in [0.3, 0.4) is 0 Å². The molecule has 0 aromatic carbocycles. The summed E-state index contributed by atoms with van der Waals surface area (Å²) < 4.78 is 4.81. The molecule has 0 aliphatic heterocycles. The minimum absolute atomic E-state index is 0.00722. The fraction of sp³-hybridized carbons (Fsp3) is 0.929. The third-order valence-electron chi connectivity index (χ3n) is 4.43. The van der Waals surface area contributed by atoms with Crippen LogP contribution in [0.25, 0.3) is 0 Å². The fourth-order valence-corrected chi connectivity index (χ4v) is 3.23. The number of ether oxygens (including phenoxy) is 1. The van der Waals surface area contributed by atoms with E-state index >= 15 is 0 Å². The van der Waals surface area contributed by atoms with Crippen molar-refractivity contribution in [2.75, 3.05) is 13.7 Å². The third kappa shape index (κ3) is 3.70. The molecule has 3 nitrogen and oxygen atoms in total. The lowest BCUT2D eigenvalue weighted by Crippen LogP contribution is -2.34. The Morgan fingerprint density at radius 1 is 1.12 bits per heavy atom. The van der Waals surface area contributed by atoms with Gasteiger partial charge in [0.1, 0.15) is 0 Å². The maximum atomic E-state index is 11.4. The number of nitrogens with one attached hydrogen (secondary N) is 1. The molecule has 0 spiro atoms. The molecule has 0 radical (unpaired) electrons. The van der Waals surface area contributed by atoms with E-state index in [2.05, 4.69) is 5.32 Å². The van der Waals surface area contributed by atoms with Gasteiger partial charge in [-0.2, -0.15) is 0 Å². The van der Waals surface area contributed by atoms with Crippen LogP contribution in [0.15, 0.2) is 0 Å². The van der Waals surface area contributed by atoms with Crippen LogP contribution >= 0.6 is 0 Å². The average Bonchev–Trinajstić information content (AvgIpc) is 2.89. The molecule has 1 N–H and O–H groups in total. The van der Waals surface area contributed by atoms with Crippen LogP contribution in [-0.4, -0.2) is 25.7 Å². The zero-order chi connectivity index (χ0) is 12.1. The molecular formula is C14H25NO2. The number of hydrogen-bond acceptors (Lipinski definition) is 3. The maximum Gasteiger partial charge on any atom is 0.308 e. The molecule has 2 aliphatic rings. The highest BCUT2D eigenvalue weighted by Gasteiger charge is 2.27. The number of esters is 1. The summed E-state index contributed by atoms with van der Waals surface area (Å²) in [6.07, 6.45) is 9.90. The van der Waals surface area contributed by atoms with E-state index in [1.165, 1.54) is 45.6 Å². The molecule has 2 aliphatic carbocycles. The first-order valence-electron chi connectivity index (χ1n) is 7.11. The van der Waals surface area contributed by atoms with Gasteiger partial charge in [-0.05, 0) is 51.0 Å². The van der Waals surface area contributed by atoms with Gasteiger partial charge >= 0.3 is 5.97 Å². The second kappa shape index (κ2) is 6.39. The third-order valence-corrected chi connectivity index (χ3v) is 4.43. The van der Waals surface area contributed by atoms with Crippen LogP contribution < -0.4 is 5.32 Å². The van der Waals surface area contributed by atoms with E-state index in [-0.39, 0.29) is 11.9 Å². The van der Waals surface area contributed by atoms with E-state index in [0.717, 1.165) is 31.3 Å².